The van der Waals surface area contributed by atoms with Gasteiger partial charge in [0, 0.05) is 6.54 Å². The Morgan fingerprint density at radius 1 is 1.43 bits per heavy atom. The molecule has 0 atom stereocenters. The molecule has 0 saturated heterocycles. The summed E-state index contributed by atoms with van der Waals surface area (Å²) in [6.07, 6.45) is 1.05. The van der Waals surface area contributed by atoms with Gasteiger partial charge in [-0.2, -0.15) is 4.98 Å². The Morgan fingerprint density at radius 2 is 2.07 bits per heavy atom. The first-order valence-electron chi connectivity index (χ1n) is 4.92. The highest BCUT2D eigenvalue weighted by atomic mass is 15.4. The SMILES string of the molecule is CCCNc1nc(N)nn1C(C)(C)C. The average Bonchev–Trinajstić information content (AvgIpc) is 2.42. The molecule has 5 nitrogen and oxygen atoms in total. The van der Waals surface area contributed by atoms with E-state index < -0.39 is 0 Å². The Bertz CT molecular complexity index is 297. The summed E-state index contributed by atoms with van der Waals surface area (Å²) in [4.78, 5) is 4.13. The maximum absolute atomic E-state index is 5.56. The summed E-state index contributed by atoms with van der Waals surface area (Å²) in [5, 5.41) is 7.36. The third-order valence-corrected chi connectivity index (χ3v) is 1.79. The molecule has 14 heavy (non-hydrogen) atoms. The van der Waals surface area contributed by atoms with Crippen molar-refractivity contribution >= 4 is 11.9 Å². The van der Waals surface area contributed by atoms with Crippen LogP contribution in [0.25, 0.3) is 0 Å². The fourth-order valence-corrected chi connectivity index (χ4v) is 1.15. The normalized spacial score (nSPS) is 11.7. The minimum absolute atomic E-state index is 0.0965. The van der Waals surface area contributed by atoms with Crippen molar-refractivity contribution < 1.29 is 0 Å². The first kappa shape index (κ1) is 10.8. The van der Waals surface area contributed by atoms with Crippen LogP contribution in [0.4, 0.5) is 11.9 Å². The van der Waals surface area contributed by atoms with Crippen LogP contribution in [0.3, 0.4) is 0 Å². The second kappa shape index (κ2) is 3.86. The molecule has 1 heterocycles. The number of anilines is 2. The minimum atomic E-state index is -0.0965. The van der Waals surface area contributed by atoms with Crippen LogP contribution < -0.4 is 11.1 Å². The Balaban J connectivity index is 2.91. The predicted molar refractivity (Wildman–Crippen MR) is 58.2 cm³/mol. The number of aromatic nitrogens is 3. The van der Waals surface area contributed by atoms with Crippen LogP contribution in [0.5, 0.6) is 0 Å². The van der Waals surface area contributed by atoms with Gasteiger partial charge in [0.25, 0.3) is 0 Å². The van der Waals surface area contributed by atoms with E-state index in [4.69, 9.17) is 5.73 Å². The Morgan fingerprint density at radius 3 is 2.57 bits per heavy atom. The minimum Gasteiger partial charge on any atom is -0.366 e. The van der Waals surface area contributed by atoms with E-state index in [1.165, 1.54) is 0 Å². The summed E-state index contributed by atoms with van der Waals surface area (Å²) in [6.45, 7) is 9.19. The summed E-state index contributed by atoms with van der Waals surface area (Å²) in [7, 11) is 0. The summed E-state index contributed by atoms with van der Waals surface area (Å²) < 4.78 is 1.82. The molecule has 0 aliphatic rings. The maximum Gasteiger partial charge on any atom is 0.241 e. The molecule has 1 rings (SSSR count). The highest BCUT2D eigenvalue weighted by Crippen LogP contribution is 2.18. The molecule has 0 aliphatic heterocycles. The largest absolute Gasteiger partial charge is 0.366 e. The van der Waals surface area contributed by atoms with E-state index >= 15 is 0 Å². The Kier molecular flexibility index (Phi) is 2.98. The quantitative estimate of drug-likeness (QED) is 0.769. The van der Waals surface area contributed by atoms with Crippen LogP contribution in [0.2, 0.25) is 0 Å². The van der Waals surface area contributed by atoms with Crippen molar-refractivity contribution in [1.82, 2.24) is 14.8 Å². The number of hydrogen-bond donors (Lipinski definition) is 2. The third-order valence-electron chi connectivity index (χ3n) is 1.79. The Hall–Kier alpha value is -1.26. The lowest BCUT2D eigenvalue weighted by Gasteiger charge is -2.21. The van der Waals surface area contributed by atoms with Crippen molar-refractivity contribution in [3.63, 3.8) is 0 Å². The molecular weight excluding hydrogens is 178 g/mol. The van der Waals surface area contributed by atoms with Crippen LogP contribution in [0, 0.1) is 0 Å². The molecule has 3 N–H and O–H groups in total. The zero-order valence-corrected chi connectivity index (χ0v) is 9.33. The lowest BCUT2D eigenvalue weighted by Crippen LogP contribution is -2.25. The zero-order valence-electron chi connectivity index (χ0n) is 9.33. The highest BCUT2D eigenvalue weighted by molar-refractivity contribution is 5.32. The van der Waals surface area contributed by atoms with E-state index in [-0.39, 0.29) is 5.54 Å². The lowest BCUT2D eigenvalue weighted by atomic mass is 10.1. The smallest absolute Gasteiger partial charge is 0.241 e. The number of nitrogens with zero attached hydrogens (tertiary/aromatic N) is 3. The van der Waals surface area contributed by atoms with Gasteiger partial charge in [-0.05, 0) is 27.2 Å². The molecule has 1 aromatic heterocycles. The fourth-order valence-electron chi connectivity index (χ4n) is 1.15. The van der Waals surface area contributed by atoms with Gasteiger partial charge in [-0.25, -0.2) is 4.68 Å². The first-order valence-corrected chi connectivity index (χ1v) is 4.92. The van der Waals surface area contributed by atoms with Gasteiger partial charge < -0.3 is 11.1 Å². The van der Waals surface area contributed by atoms with E-state index in [1.54, 1.807) is 0 Å². The van der Waals surface area contributed by atoms with Crippen LogP contribution in [0.15, 0.2) is 0 Å². The molecule has 0 radical (unpaired) electrons. The van der Waals surface area contributed by atoms with Crippen LogP contribution in [0.1, 0.15) is 34.1 Å². The molecule has 0 amide bonds. The molecule has 0 bridgehead atoms. The Labute approximate surface area is 84.7 Å². The van der Waals surface area contributed by atoms with Crippen LogP contribution in [-0.2, 0) is 5.54 Å². The van der Waals surface area contributed by atoms with Crippen LogP contribution >= 0.6 is 0 Å². The van der Waals surface area contributed by atoms with Gasteiger partial charge in [-0.1, -0.05) is 6.92 Å². The summed E-state index contributed by atoms with van der Waals surface area (Å²) in [5.74, 6) is 1.07. The van der Waals surface area contributed by atoms with Gasteiger partial charge in [0.15, 0.2) is 0 Å². The van der Waals surface area contributed by atoms with Gasteiger partial charge in [0.1, 0.15) is 0 Å². The topological polar surface area (TPSA) is 68.8 Å². The average molecular weight is 197 g/mol. The predicted octanol–water partition coefficient (Wildman–Crippen LogP) is 1.44. The van der Waals surface area contributed by atoms with Gasteiger partial charge in [-0.15, -0.1) is 5.10 Å². The molecule has 0 saturated carbocycles. The summed E-state index contributed by atoms with van der Waals surface area (Å²) in [6, 6.07) is 0. The van der Waals surface area contributed by atoms with E-state index in [0.717, 1.165) is 18.9 Å². The maximum atomic E-state index is 5.56. The van der Waals surface area contributed by atoms with Gasteiger partial charge in [-0.3, -0.25) is 0 Å². The van der Waals surface area contributed by atoms with E-state index in [2.05, 4.69) is 43.1 Å². The number of hydrogen-bond acceptors (Lipinski definition) is 4. The second-order valence-electron chi connectivity index (χ2n) is 4.30. The highest BCUT2D eigenvalue weighted by Gasteiger charge is 2.19. The monoisotopic (exact) mass is 197 g/mol. The van der Waals surface area contributed by atoms with E-state index in [9.17, 15) is 0 Å². The molecule has 0 aromatic carbocycles. The zero-order chi connectivity index (χ0) is 10.8. The van der Waals surface area contributed by atoms with Crippen molar-refractivity contribution in [1.29, 1.82) is 0 Å². The molecule has 0 unspecified atom stereocenters. The van der Waals surface area contributed by atoms with Crippen molar-refractivity contribution in [2.24, 2.45) is 0 Å². The molecule has 0 fully saturated rings. The van der Waals surface area contributed by atoms with Crippen molar-refractivity contribution in [3.05, 3.63) is 0 Å². The van der Waals surface area contributed by atoms with Gasteiger partial charge >= 0.3 is 0 Å². The molecule has 1 aromatic rings. The molecular formula is C9H19N5. The van der Waals surface area contributed by atoms with Crippen molar-refractivity contribution in [3.8, 4) is 0 Å². The van der Waals surface area contributed by atoms with Crippen molar-refractivity contribution in [2.45, 2.75) is 39.7 Å². The molecule has 0 aliphatic carbocycles. The van der Waals surface area contributed by atoms with E-state index in [0.29, 0.717) is 5.95 Å². The lowest BCUT2D eigenvalue weighted by molar-refractivity contribution is 0.360. The molecule has 5 heteroatoms. The first-order chi connectivity index (χ1) is 6.45. The number of nitrogens with two attached hydrogens (primary N) is 1. The second-order valence-corrected chi connectivity index (χ2v) is 4.30. The summed E-state index contributed by atoms with van der Waals surface area (Å²) in [5.41, 5.74) is 5.47. The van der Waals surface area contributed by atoms with Crippen molar-refractivity contribution in [2.75, 3.05) is 17.6 Å². The molecule has 0 spiro atoms. The summed E-state index contributed by atoms with van der Waals surface area (Å²) >= 11 is 0. The van der Waals surface area contributed by atoms with Gasteiger partial charge in [0.05, 0.1) is 5.54 Å². The number of rotatable bonds is 3. The number of nitrogen functional groups attached to an aromatic ring is 1. The van der Waals surface area contributed by atoms with Gasteiger partial charge in [0.2, 0.25) is 11.9 Å². The fraction of sp³-hybridized carbons (Fsp3) is 0.778. The molecule has 80 valence electrons. The third kappa shape index (κ3) is 2.37. The van der Waals surface area contributed by atoms with Crippen LogP contribution in [-0.4, -0.2) is 21.3 Å². The number of nitrogens with one attached hydrogen (secondary N) is 1. The van der Waals surface area contributed by atoms with E-state index in [1.807, 2.05) is 4.68 Å². The standard InChI is InChI=1S/C9H19N5/c1-5-6-11-8-12-7(10)13-14(8)9(2,3)4/h5-6H2,1-4H3,(H3,10,11,12,13).